The zero-order chi connectivity index (χ0) is 18.5. The monoisotopic (exact) mass is 390 g/mol. The molecule has 1 fully saturated rings. The fraction of sp³-hybridized carbons (Fsp3) is 0.300. The second kappa shape index (κ2) is 8.56. The molecule has 0 bridgehead atoms. The van der Waals surface area contributed by atoms with Crippen LogP contribution in [0.5, 0.6) is 0 Å². The highest BCUT2D eigenvalue weighted by atomic mass is 35.5. The van der Waals surface area contributed by atoms with Gasteiger partial charge in [0.1, 0.15) is 0 Å². The topological polar surface area (TPSA) is 58.2 Å². The van der Waals surface area contributed by atoms with Crippen molar-refractivity contribution >= 4 is 46.4 Å². The Bertz CT molecular complexity index is 785. The fourth-order valence-corrected chi connectivity index (χ4v) is 3.50. The molecule has 2 amide bonds. The van der Waals surface area contributed by atoms with E-state index in [-0.39, 0.29) is 23.7 Å². The fourth-order valence-electron chi connectivity index (χ4n) is 3.19. The molecule has 0 heterocycles. The Balaban J connectivity index is 1.50. The van der Waals surface area contributed by atoms with Gasteiger partial charge in [-0.25, -0.2) is 0 Å². The van der Waals surface area contributed by atoms with Crippen molar-refractivity contribution in [2.75, 3.05) is 10.6 Å². The Labute approximate surface area is 162 Å². The van der Waals surface area contributed by atoms with Gasteiger partial charge in [-0.05, 0) is 62.1 Å². The Kier molecular flexibility index (Phi) is 6.17. The number of carbonyl (C=O) groups is 2. The quantitative estimate of drug-likeness (QED) is 0.736. The van der Waals surface area contributed by atoms with E-state index in [0.29, 0.717) is 41.4 Å². The maximum Gasteiger partial charge on any atom is 0.227 e. The maximum atomic E-state index is 12.4. The summed E-state index contributed by atoms with van der Waals surface area (Å²) in [7, 11) is 0. The lowest BCUT2D eigenvalue weighted by Gasteiger charge is -2.27. The predicted octanol–water partition coefficient (Wildman–Crippen LogP) is 5.38. The van der Waals surface area contributed by atoms with Crippen LogP contribution >= 0.6 is 23.2 Å². The van der Waals surface area contributed by atoms with Crippen LogP contribution in [0.2, 0.25) is 10.0 Å². The standard InChI is InChI=1S/C20H20Cl2N2O2/c21-15-9-11-16(12-10-15)23-19(25)13-5-7-14(8-6-13)20(26)24-18-4-2-1-3-17(18)22/h1-4,9-14H,5-8H2,(H,23,25)(H,24,26). The van der Waals surface area contributed by atoms with Crippen molar-refractivity contribution in [2.45, 2.75) is 25.7 Å². The summed E-state index contributed by atoms with van der Waals surface area (Å²) in [5.41, 5.74) is 1.36. The smallest absolute Gasteiger partial charge is 0.227 e. The Morgan fingerprint density at radius 1 is 0.769 bits per heavy atom. The van der Waals surface area contributed by atoms with Crippen LogP contribution < -0.4 is 10.6 Å². The second-order valence-electron chi connectivity index (χ2n) is 6.51. The van der Waals surface area contributed by atoms with Gasteiger partial charge in [-0.15, -0.1) is 0 Å². The van der Waals surface area contributed by atoms with Gasteiger partial charge in [0, 0.05) is 22.5 Å². The molecular formula is C20H20Cl2N2O2. The predicted molar refractivity (Wildman–Crippen MR) is 106 cm³/mol. The molecule has 0 aromatic heterocycles. The number of rotatable bonds is 4. The number of nitrogens with one attached hydrogen (secondary N) is 2. The van der Waals surface area contributed by atoms with Gasteiger partial charge in [0.2, 0.25) is 11.8 Å². The first-order valence-electron chi connectivity index (χ1n) is 8.65. The summed E-state index contributed by atoms with van der Waals surface area (Å²) < 4.78 is 0. The number of anilines is 2. The molecule has 1 aliphatic rings. The molecule has 3 rings (SSSR count). The molecule has 2 aromatic rings. The normalized spacial score (nSPS) is 19.6. The Hall–Kier alpha value is -2.04. The third kappa shape index (κ3) is 4.77. The molecule has 1 saturated carbocycles. The summed E-state index contributed by atoms with van der Waals surface area (Å²) in [4.78, 5) is 24.8. The number of halogens is 2. The molecule has 0 spiro atoms. The zero-order valence-electron chi connectivity index (χ0n) is 14.2. The third-order valence-corrected chi connectivity index (χ3v) is 5.29. The lowest BCUT2D eigenvalue weighted by Crippen LogP contribution is -2.32. The van der Waals surface area contributed by atoms with Crippen molar-refractivity contribution < 1.29 is 9.59 Å². The first-order valence-corrected chi connectivity index (χ1v) is 9.40. The van der Waals surface area contributed by atoms with E-state index in [0.717, 1.165) is 5.69 Å². The molecule has 0 radical (unpaired) electrons. The van der Waals surface area contributed by atoms with Gasteiger partial charge in [0.15, 0.2) is 0 Å². The van der Waals surface area contributed by atoms with E-state index in [2.05, 4.69) is 10.6 Å². The van der Waals surface area contributed by atoms with Crippen molar-refractivity contribution in [1.82, 2.24) is 0 Å². The first kappa shape index (κ1) is 18.7. The van der Waals surface area contributed by atoms with Crippen LogP contribution in [-0.4, -0.2) is 11.8 Å². The van der Waals surface area contributed by atoms with Crippen LogP contribution in [0.25, 0.3) is 0 Å². The average molecular weight is 391 g/mol. The average Bonchev–Trinajstić information content (AvgIpc) is 2.65. The van der Waals surface area contributed by atoms with Crippen molar-refractivity contribution in [3.63, 3.8) is 0 Å². The number of hydrogen-bond donors (Lipinski definition) is 2. The molecule has 0 saturated heterocycles. The van der Waals surface area contributed by atoms with Gasteiger partial charge < -0.3 is 10.6 Å². The highest BCUT2D eigenvalue weighted by molar-refractivity contribution is 6.33. The van der Waals surface area contributed by atoms with E-state index in [1.807, 2.05) is 12.1 Å². The van der Waals surface area contributed by atoms with Gasteiger partial charge >= 0.3 is 0 Å². The minimum Gasteiger partial charge on any atom is -0.326 e. The van der Waals surface area contributed by atoms with Crippen molar-refractivity contribution in [3.8, 4) is 0 Å². The summed E-state index contributed by atoms with van der Waals surface area (Å²) in [6.45, 7) is 0. The van der Waals surface area contributed by atoms with Gasteiger partial charge in [0.05, 0.1) is 10.7 Å². The second-order valence-corrected chi connectivity index (χ2v) is 7.36. The maximum absolute atomic E-state index is 12.4. The molecule has 4 nitrogen and oxygen atoms in total. The molecule has 26 heavy (non-hydrogen) atoms. The summed E-state index contributed by atoms with van der Waals surface area (Å²) in [6.07, 6.45) is 2.77. The number of benzene rings is 2. The van der Waals surface area contributed by atoms with E-state index >= 15 is 0 Å². The van der Waals surface area contributed by atoms with Gasteiger partial charge in [0.25, 0.3) is 0 Å². The van der Waals surface area contributed by atoms with Crippen LogP contribution in [0.1, 0.15) is 25.7 Å². The van der Waals surface area contributed by atoms with Gasteiger partial charge in [-0.2, -0.15) is 0 Å². The molecule has 136 valence electrons. The van der Waals surface area contributed by atoms with E-state index < -0.39 is 0 Å². The minimum atomic E-state index is -0.0918. The lowest BCUT2D eigenvalue weighted by molar-refractivity contribution is -0.125. The number of amides is 2. The zero-order valence-corrected chi connectivity index (χ0v) is 15.7. The van der Waals surface area contributed by atoms with Gasteiger partial charge in [-0.1, -0.05) is 35.3 Å². The van der Waals surface area contributed by atoms with E-state index in [4.69, 9.17) is 23.2 Å². The van der Waals surface area contributed by atoms with Crippen LogP contribution in [0.4, 0.5) is 11.4 Å². The molecule has 0 atom stereocenters. The molecular weight excluding hydrogens is 371 g/mol. The van der Waals surface area contributed by atoms with Crippen LogP contribution in [0.3, 0.4) is 0 Å². The van der Waals surface area contributed by atoms with Crippen molar-refractivity contribution in [1.29, 1.82) is 0 Å². The Morgan fingerprint density at radius 2 is 1.31 bits per heavy atom. The number of hydrogen-bond acceptors (Lipinski definition) is 2. The summed E-state index contributed by atoms with van der Waals surface area (Å²) in [5, 5.41) is 6.96. The SMILES string of the molecule is O=C(Nc1ccc(Cl)cc1)C1CCC(C(=O)Nc2ccccc2Cl)CC1. The molecule has 2 aromatic carbocycles. The van der Waals surface area contributed by atoms with Crippen LogP contribution in [0, 0.1) is 11.8 Å². The molecule has 0 unspecified atom stereocenters. The van der Waals surface area contributed by atoms with Crippen molar-refractivity contribution in [3.05, 3.63) is 58.6 Å². The third-order valence-electron chi connectivity index (χ3n) is 4.71. The van der Waals surface area contributed by atoms with Gasteiger partial charge in [-0.3, -0.25) is 9.59 Å². The highest BCUT2D eigenvalue weighted by Crippen LogP contribution is 2.31. The van der Waals surface area contributed by atoms with E-state index in [1.54, 1.807) is 36.4 Å². The minimum absolute atomic E-state index is 0.00251. The van der Waals surface area contributed by atoms with E-state index in [1.165, 1.54) is 0 Å². The largest absolute Gasteiger partial charge is 0.326 e. The summed E-state index contributed by atoms with van der Waals surface area (Å²) in [6, 6.07) is 14.2. The molecule has 1 aliphatic carbocycles. The summed E-state index contributed by atoms with van der Waals surface area (Å²) in [5.74, 6) is -0.201. The van der Waals surface area contributed by atoms with Crippen molar-refractivity contribution in [2.24, 2.45) is 11.8 Å². The first-order chi connectivity index (χ1) is 12.5. The van der Waals surface area contributed by atoms with E-state index in [9.17, 15) is 9.59 Å². The highest BCUT2D eigenvalue weighted by Gasteiger charge is 2.30. The summed E-state index contributed by atoms with van der Waals surface area (Å²) >= 11 is 11.9. The van der Waals surface area contributed by atoms with Crippen LogP contribution in [-0.2, 0) is 9.59 Å². The molecule has 0 aliphatic heterocycles. The molecule has 6 heteroatoms. The Morgan fingerprint density at radius 3 is 1.88 bits per heavy atom. The number of para-hydroxylation sites is 1. The molecule has 2 N–H and O–H groups in total. The van der Waals surface area contributed by atoms with Crippen LogP contribution in [0.15, 0.2) is 48.5 Å². The number of carbonyl (C=O) groups excluding carboxylic acids is 2. The lowest BCUT2D eigenvalue weighted by atomic mass is 9.81.